The van der Waals surface area contributed by atoms with Gasteiger partial charge in [0.1, 0.15) is 11.7 Å². The summed E-state index contributed by atoms with van der Waals surface area (Å²) in [6.07, 6.45) is -2.80. The fraction of sp³-hybridized carbons (Fsp3) is 0.292. The van der Waals surface area contributed by atoms with E-state index in [-0.39, 0.29) is 43.0 Å². The van der Waals surface area contributed by atoms with Crippen LogP contribution in [0.1, 0.15) is 35.5 Å². The maximum absolute atomic E-state index is 14.5. The first-order valence-electron chi connectivity index (χ1n) is 11.0. The van der Waals surface area contributed by atoms with Crippen molar-refractivity contribution in [3.05, 3.63) is 75.5 Å². The van der Waals surface area contributed by atoms with E-state index in [1.165, 1.54) is 17.0 Å². The van der Waals surface area contributed by atoms with Crippen LogP contribution in [0.25, 0.3) is 10.8 Å². The van der Waals surface area contributed by atoms with Crippen LogP contribution in [0, 0.1) is 16.6 Å². The molecule has 35 heavy (non-hydrogen) atoms. The minimum atomic E-state index is -3.03. The quantitative estimate of drug-likeness (QED) is 0.385. The first kappa shape index (κ1) is 25.6. The molecule has 0 saturated carbocycles. The minimum absolute atomic E-state index is 0.0356. The van der Waals surface area contributed by atoms with Crippen molar-refractivity contribution in [2.45, 2.75) is 26.7 Å². The molecule has 0 bridgehead atoms. The van der Waals surface area contributed by atoms with Gasteiger partial charge in [0.25, 0.3) is 17.9 Å². The van der Waals surface area contributed by atoms with Gasteiger partial charge in [-0.2, -0.15) is 5.10 Å². The predicted molar refractivity (Wildman–Crippen MR) is 127 cm³/mol. The van der Waals surface area contributed by atoms with Crippen molar-refractivity contribution in [1.82, 2.24) is 20.0 Å². The van der Waals surface area contributed by atoms with Gasteiger partial charge in [0.2, 0.25) is 0 Å². The molecule has 1 aromatic heterocycles. The minimum Gasteiger partial charge on any atom is -0.329 e. The van der Waals surface area contributed by atoms with E-state index in [9.17, 15) is 22.8 Å². The van der Waals surface area contributed by atoms with Gasteiger partial charge in [-0.15, -0.1) is 0 Å². The van der Waals surface area contributed by atoms with E-state index in [1.54, 1.807) is 24.3 Å². The molecule has 0 unspecified atom stereocenters. The lowest BCUT2D eigenvalue weighted by molar-refractivity contribution is 0.0749. The second kappa shape index (κ2) is 10.9. The van der Waals surface area contributed by atoms with Crippen LogP contribution in [0.2, 0.25) is 0 Å². The van der Waals surface area contributed by atoms with Crippen LogP contribution in [0.4, 0.5) is 13.2 Å². The standard InChI is InChI=1S/C22H19F3N6O2.C2H6/c23-16-6-5-12(10-17-13-3-1-2-4-14(13)21(32)29-28-17)9-15(16)22(33)30-7-8-31(18(26)11-30)20(27)19(24)25;1-2/h1-6,9,19,26-27H,7-8,10-11H2,(H,29,32);1-2H3. The number of alkyl halides is 2. The molecule has 0 spiro atoms. The van der Waals surface area contributed by atoms with Crippen LogP contribution in [0.15, 0.2) is 47.3 Å². The first-order chi connectivity index (χ1) is 16.8. The summed E-state index contributed by atoms with van der Waals surface area (Å²) in [6.45, 7) is 3.50. The maximum Gasteiger partial charge on any atom is 0.295 e. The van der Waals surface area contributed by atoms with Gasteiger partial charge in [0.15, 0.2) is 5.84 Å². The van der Waals surface area contributed by atoms with E-state index in [0.29, 0.717) is 22.0 Å². The van der Waals surface area contributed by atoms with Gasteiger partial charge in [-0.1, -0.05) is 38.1 Å². The molecule has 4 rings (SSSR count). The van der Waals surface area contributed by atoms with E-state index in [0.717, 1.165) is 11.0 Å². The Balaban J connectivity index is 0.00000167. The highest BCUT2D eigenvalue weighted by molar-refractivity contribution is 6.04. The molecule has 1 aliphatic heterocycles. The van der Waals surface area contributed by atoms with E-state index in [4.69, 9.17) is 10.8 Å². The molecule has 8 nitrogen and oxygen atoms in total. The van der Waals surface area contributed by atoms with Gasteiger partial charge in [-0.3, -0.25) is 20.4 Å². The Morgan fingerprint density at radius 3 is 2.49 bits per heavy atom. The molecule has 2 heterocycles. The predicted octanol–water partition coefficient (Wildman–Crippen LogP) is 3.66. The largest absolute Gasteiger partial charge is 0.329 e. The lowest BCUT2D eigenvalue weighted by Crippen LogP contribution is -2.55. The van der Waals surface area contributed by atoms with Crippen LogP contribution in [0.5, 0.6) is 0 Å². The fourth-order valence-corrected chi connectivity index (χ4v) is 3.77. The number of carbonyl (C=O) groups excluding carboxylic acids is 1. The van der Waals surface area contributed by atoms with Gasteiger partial charge >= 0.3 is 0 Å². The molecule has 0 aliphatic carbocycles. The summed E-state index contributed by atoms with van der Waals surface area (Å²) in [6, 6.07) is 11.0. The molecule has 3 aromatic rings. The number of hydrogen-bond donors (Lipinski definition) is 3. The van der Waals surface area contributed by atoms with E-state index in [1.807, 2.05) is 13.8 Å². The number of aromatic nitrogens is 2. The Hall–Kier alpha value is -4.02. The highest BCUT2D eigenvalue weighted by Gasteiger charge is 2.31. The van der Waals surface area contributed by atoms with Gasteiger partial charge in [0, 0.05) is 24.9 Å². The molecule has 1 fully saturated rings. The van der Waals surface area contributed by atoms with Crippen molar-refractivity contribution in [2.24, 2.45) is 0 Å². The number of benzene rings is 2. The molecule has 0 atom stereocenters. The molecule has 2 aromatic carbocycles. The fourth-order valence-electron chi connectivity index (χ4n) is 3.77. The summed E-state index contributed by atoms with van der Waals surface area (Å²) < 4.78 is 40.1. The third-order valence-corrected chi connectivity index (χ3v) is 5.45. The van der Waals surface area contributed by atoms with Crippen LogP contribution in [0.3, 0.4) is 0 Å². The first-order valence-corrected chi connectivity index (χ1v) is 11.0. The SMILES string of the molecule is CC.N=C1CN(C(=O)c2cc(Cc3n[nH]c(=O)c4ccccc34)ccc2F)CCN1C(=N)C(F)F. The van der Waals surface area contributed by atoms with E-state index < -0.39 is 24.0 Å². The molecule has 1 aliphatic rings. The molecular formula is C24H25F3N6O2. The Bertz CT molecular complexity index is 1320. The van der Waals surface area contributed by atoms with Crippen molar-refractivity contribution in [3.8, 4) is 0 Å². The Labute approximate surface area is 199 Å². The lowest BCUT2D eigenvalue weighted by Gasteiger charge is -2.36. The molecule has 0 radical (unpaired) electrons. The average molecular weight is 486 g/mol. The van der Waals surface area contributed by atoms with Gasteiger partial charge in [-0.25, -0.2) is 18.3 Å². The topological polar surface area (TPSA) is 117 Å². The molecule has 1 saturated heterocycles. The van der Waals surface area contributed by atoms with Crippen molar-refractivity contribution in [3.63, 3.8) is 0 Å². The number of H-pyrrole nitrogens is 1. The third-order valence-electron chi connectivity index (χ3n) is 5.45. The number of amides is 1. The number of carbonyl (C=O) groups is 1. The third kappa shape index (κ3) is 5.39. The molecular weight excluding hydrogens is 461 g/mol. The second-order valence-corrected chi connectivity index (χ2v) is 7.55. The van der Waals surface area contributed by atoms with Gasteiger partial charge in [-0.05, 0) is 23.8 Å². The molecule has 184 valence electrons. The second-order valence-electron chi connectivity index (χ2n) is 7.55. The zero-order valence-electron chi connectivity index (χ0n) is 19.2. The highest BCUT2D eigenvalue weighted by Crippen LogP contribution is 2.20. The highest BCUT2D eigenvalue weighted by atomic mass is 19.3. The molecule has 3 N–H and O–H groups in total. The number of fused-ring (bicyclic) bond motifs is 1. The van der Waals surface area contributed by atoms with E-state index in [2.05, 4.69) is 10.2 Å². The zero-order chi connectivity index (χ0) is 25.7. The van der Waals surface area contributed by atoms with E-state index >= 15 is 0 Å². The zero-order valence-corrected chi connectivity index (χ0v) is 19.2. The number of hydrogen-bond acceptors (Lipinski definition) is 5. The van der Waals surface area contributed by atoms with Crippen molar-refractivity contribution in [2.75, 3.05) is 19.6 Å². The van der Waals surface area contributed by atoms with Crippen molar-refractivity contribution >= 4 is 28.4 Å². The summed E-state index contributed by atoms with van der Waals surface area (Å²) in [5.74, 6) is -2.76. The number of aromatic amines is 1. The number of piperazine rings is 1. The van der Waals surface area contributed by atoms with Crippen molar-refractivity contribution < 1.29 is 18.0 Å². The number of halogens is 3. The maximum atomic E-state index is 14.5. The smallest absolute Gasteiger partial charge is 0.295 e. The van der Waals surface area contributed by atoms with Crippen molar-refractivity contribution in [1.29, 1.82) is 10.8 Å². The van der Waals surface area contributed by atoms with Crippen LogP contribution in [-0.4, -0.2) is 63.6 Å². The van der Waals surface area contributed by atoms with Gasteiger partial charge in [0.05, 0.1) is 23.2 Å². The summed E-state index contributed by atoms with van der Waals surface area (Å²) >= 11 is 0. The van der Waals surface area contributed by atoms with Crippen LogP contribution in [-0.2, 0) is 6.42 Å². The normalized spacial score (nSPS) is 13.6. The number of rotatable bonds is 4. The van der Waals surface area contributed by atoms with Crippen LogP contribution < -0.4 is 5.56 Å². The number of nitrogens with one attached hydrogen (secondary N) is 3. The van der Waals surface area contributed by atoms with Gasteiger partial charge < -0.3 is 9.80 Å². The summed E-state index contributed by atoms with van der Waals surface area (Å²) in [5.41, 5.74) is 0.589. The summed E-state index contributed by atoms with van der Waals surface area (Å²) in [7, 11) is 0. The average Bonchev–Trinajstić information content (AvgIpc) is 2.87. The van der Waals surface area contributed by atoms with Crippen LogP contribution >= 0.6 is 0 Å². The Morgan fingerprint density at radius 1 is 1.14 bits per heavy atom. The Morgan fingerprint density at radius 2 is 1.83 bits per heavy atom. The monoisotopic (exact) mass is 486 g/mol. The number of nitrogens with zero attached hydrogens (tertiary/aromatic N) is 3. The Kier molecular flexibility index (Phi) is 8.00. The lowest BCUT2D eigenvalue weighted by atomic mass is 10.0. The summed E-state index contributed by atoms with van der Waals surface area (Å²) in [5, 5.41) is 22.9. The number of amidine groups is 2. The summed E-state index contributed by atoms with van der Waals surface area (Å²) in [4.78, 5) is 27.0. The molecule has 11 heteroatoms. The molecule has 1 amide bonds.